The van der Waals surface area contributed by atoms with Crippen LogP contribution in [-0.4, -0.2) is 12.4 Å². The van der Waals surface area contributed by atoms with Crippen LogP contribution in [0.3, 0.4) is 0 Å². The first-order valence-electron chi connectivity index (χ1n) is 7.94. The third-order valence-corrected chi connectivity index (χ3v) is 5.07. The second kappa shape index (κ2) is 5.59. The third-order valence-electron chi connectivity index (χ3n) is 5.07. The van der Waals surface area contributed by atoms with Gasteiger partial charge in [-0.15, -0.1) is 0 Å². The van der Waals surface area contributed by atoms with Gasteiger partial charge < -0.3 is 4.74 Å². The van der Waals surface area contributed by atoms with E-state index >= 15 is 0 Å². The second-order valence-electron chi connectivity index (χ2n) is 6.49. The molecule has 1 aromatic carbocycles. The predicted octanol–water partition coefficient (Wildman–Crippen LogP) is 4.40. The van der Waals surface area contributed by atoms with Gasteiger partial charge in [-0.25, -0.2) is 0 Å². The van der Waals surface area contributed by atoms with Crippen LogP contribution in [0.15, 0.2) is 18.2 Å². The van der Waals surface area contributed by atoms with Crippen LogP contribution in [0.25, 0.3) is 0 Å². The number of hydrogen-bond acceptors (Lipinski definition) is 2. The van der Waals surface area contributed by atoms with Gasteiger partial charge in [0.2, 0.25) is 0 Å². The summed E-state index contributed by atoms with van der Waals surface area (Å²) in [6.45, 7) is 4.60. The van der Waals surface area contributed by atoms with Crippen LogP contribution >= 0.6 is 0 Å². The molecule has 3 unspecified atom stereocenters. The van der Waals surface area contributed by atoms with Crippen LogP contribution in [0.1, 0.15) is 54.9 Å². The number of hydrogen-bond donors (Lipinski definition) is 0. The molecule has 0 amide bonds. The molecule has 0 N–H and O–H groups in total. The number of aryl methyl sites for hydroxylation is 1. The molecule has 0 aliphatic heterocycles. The summed E-state index contributed by atoms with van der Waals surface area (Å²) in [7, 11) is 0. The lowest BCUT2D eigenvalue weighted by molar-refractivity contribution is 0.0940. The number of fused-ring (bicyclic) bond motifs is 2. The largest absolute Gasteiger partial charge is 0.493 e. The average Bonchev–Trinajstić information content (AvgIpc) is 3.03. The lowest BCUT2D eigenvalue weighted by atomic mass is 9.84. The van der Waals surface area contributed by atoms with Gasteiger partial charge in [0.15, 0.2) is 5.78 Å². The van der Waals surface area contributed by atoms with Crippen LogP contribution in [-0.2, 0) is 0 Å². The predicted molar refractivity (Wildman–Crippen MR) is 80.2 cm³/mol. The number of rotatable bonds is 5. The molecule has 0 heterocycles. The number of ether oxygens (including phenoxy) is 1. The number of benzene rings is 1. The lowest BCUT2D eigenvalue weighted by Crippen LogP contribution is -2.16. The van der Waals surface area contributed by atoms with E-state index in [1.54, 1.807) is 0 Å². The molecule has 0 spiro atoms. The highest BCUT2D eigenvalue weighted by molar-refractivity contribution is 5.99. The quantitative estimate of drug-likeness (QED) is 0.742. The van der Waals surface area contributed by atoms with E-state index in [0.717, 1.165) is 28.7 Å². The fourth-order valence-corrected chi connectivity index (χ4v) is 4.12. The van der Waals surface area contributed by atoms with E-state index < -0.39 is 0 Å². The number of carbonyl (C=O) groups excluding carboxylic acids is 1. The maximum absolute atomic E-state index is 12.6. The molecule has 2 saturated carbocycles. The summed E-state index contributed by atoms with van der Waals surface area (Å²) in [5.41, 5.74) is 1.92. The Balaban J connectivity index is 1.74. The fraction of sp³-hybridized carbons (Fsp3) is 0.611. The van der Waals surface area contributed by atoms with Crippen molar-refractivity contribution in [1.82, 2.24) is 0 Å². The molecule has 2 aliphatic rings. The second-order valence-corrected chi connectivity index (χ2v) is 6.49. The highest BCUT2D eigenvalue weighted by Crippen LogP contribution is 2.49. The van der Waals surface area contributed by atoms with Crippen LogP contribution in [0.5, 0.6) is 5.75 Å². The van der Waals surface area contributed by atoms with E-state index in [1.807, 2.05) is 32.0 Å². The van der Waals surface area contributed by atoms with E-state index in [-0.39, 0.29) is 5.78 Å². The highest BCUT2D eigenvalue weighted by Gasteiger charge is 2.40. The van der Waals surface area contributed by atoms with Crippen molar-refractivity contribution in [2.24, 2.45) is 17.8 Å². The normalized spacial score (nSPS) is 27.8. The molecule has 108 valence electrons. The minimum absolute atomic E-state index is 0.273. The van der Waals surface area contributed by atoms with Crippen molar-refractivity contribution in [2.45, 2.75) is 46.0 Å². The zero-order chi connectivity index (χ0) is 14.1. The Morgan fingerprint density at radius 2 is 2.15 bits per heavy atom. The summed E-state index contributed by atoms with van der Waals surface area (Å²) in [6, 6.07) is 5.94. The van der Waals surface area contributed by atoms with Gasteiger partial charge in [-0.05, 0) is 63.0 Å². The zero-order valence-corrected chi connectivity index (χ0v) is 12.5. The zero-order valence-electron chi connectivity index (χ0n) is 12.5. The van der Waals surface area contributed by atoms with Crippen molar-refractivity contribution in [2.75, 3.05) is 6.61 Å². The summed E-state index contributed by atoms with van der Waals surface area (Å²) >= 11 is 0. The highest BCUT2D eigenvalue weighted by atomic mass is 16.5. The molecule has 2 nitrogen and oxygen atoms in total. The summed E-state index contributed by atoms with van der Waals surface area (Å²) < 4.78 is 5.62. The average molecular weight is 272 g/mol. The topological polar surface area (TPSA) is 26.3 Å². The molecule has 0 radical (unpaired) electrons. The van der Waals surface area contributed by atoms with Gasteiger partial charge in [0.25, 0.3) is 0 Å². The lowest BCUT2D eigenvalue weighted by Gasteiger charge is -2.21. The Hall–Kier alpha value is -1.31. The van der Waals surface area contributed by atoms with Crippen molar-refractivity contribution in [3.63, 3.8) is 0 Å². The molecule has 0 aromatic heterocycles. The Morgan fingerprint density at radius 1 is 1.30 bits per heavy atom. The Morgan fingerprint density at radius 3 is 2.80 bits per heavy atom. The Bertz CT molecular complexity index is 506. The molecular weight excluding hydrogens is 248 g/mol. The molecule has 0 saturated heterocycles. The van der Waals surface area contributed by atoms with Gasteiger partial charge >= 0.3 is 0 Å². The van der Waals surface area contributed by atoms with E-state index in [4.69, 9.17) is 4.74 Å². The minimum atomic E-state index is 0.273. The molecule has 2 aliphatic carbocycles. The maximum Gasteiger partial charge on any atom is 0.166 e. The van der Waals surface area contributed by atoms with Crippen molar-refractivity contribution < 1.29 is 9.53 Å². The van der Waals surface area contributed by atoms with Crippen LogP contribution in [0.4, 0.5) is 0 Å². The summed E-state index contributed by atoms with van der Waals surface area (Å²) in [6.07, 6.45) is 6.08. The van der Waals surface area contributed by atoms with Crippen LogP contribution in [0.2, 0.25) is 0 Å². The van der Waals surface area contributed by atoms with Crippen molar-refractivity contribution in [1.29, 1.82) is 0 Å². The van der Waals surface area contributed by atoms with E-state index in [1.165, 1.54) is 25.7 Å². The number of ketones is 1. The van der Waals surface area contributed by atoms with Gasteiger partial charge in [-0.1, -0.05) is 18.1 Å². The van der Waals surface area contributed by atoms with Crippen molar-refractivity contribution >= 4 is 5.78 Å². The molecule has 3 rings (SSSR count). The molecule has 2 fully saturated rings. The number of Topliss-reactive ketones (excluding diaryl/α,β-unsaturated/α-hetero) is 1. The molecule has 20 heavy (non-hydrogen) atoms. The van der Waals surface area contributed by atoms with Crippen LogP contribution < -0.4 is 4.74 Å². The molecule has 2 bridgehead atoms. The first-order chi connectivity index (χ1) is 9.67. The summed E-state index contributed by atoms with van der Waals surface area (Å²) in [5.74, 6) is 3.36. The molecular formula is C18H24O2. The maximum atomic E-state index is 12.6. The summed E-state index contributed by atoms with van der Waals surface area (Å²) in [4.78, 5) is 12.6. The van der Waals surface area contributed by atoms with Crippen molar-refractivity contribution in [3.05, 3.63) is 29.3 Å². The third kappa shape index (κ3) is 2.61. The SMILES string of the molecule is CCOc1ccc(C)cc1C(=O)CC1CC2CCC1C2. The van der Waals surface area contributed by atoms with Gasteiger partial charge in [-0.2, -0.15) is 0 Å². The summed E-state index contributed by atoms with van der Waals surface area (Å²) in [5, 5.41) is 0. The first kappa shape index (κ1) is 13.7. The Kier molecular flexibility index (Phi) is 3.82. The molecule has 3 atom stereocenters. The van der Waals surface area contributed by atoms with Crippen LogP contribution in [0, 0.1) is 24.7 Å². The standard InChI is InChI=1S/C18H24O2/c1-3-20-18-7-4-12(2)8-16(18)17(19)11-15-10-13-5-6-14(15)9-13/h4,7-8,13-15H,3,5-6,9-11H2,1-2H3. The van der Waals surface area contributed by atoms with Gasteiger partial charge in [0.1, 0.15) is 5.75 Å². The molecule has 1 aromatic rings. The smallest absolute Gasteiger partial charge is 0.166 e. The number of carbonyl (C=O) groups is 1. The molecule has 2 heteroatoms. The van der Waals surface area contributed by atoms with Gasteiger partial charge in [-0.3, -0.25) is 4.79 Å². The van der Waals surface area contributed by atoms with E-state index in [9.17, 15) is 4.79 Å². The fourth-order valence-electron chi connectivity index (χ4n) is 4.12. The first-order valence-corrected chi connectivity index (χ1v) is 7.94. The minimum Gasteiger partial charge on any atom is -0.493 e. The van der Waals surface area contributed by atoms with E-state index in [0.29, 0.717) is 18.9 Å². The van der Waals surface area contributed by atoms with Gasteiger partial charge in [0.05, 0.1) is 12.2 Å². The monoisotopic (exact) mass is 272 g/mol. The van der Waals surface area contributed by atoms with Crippen molar-refractivity contribution in [3.8, 4) is 5.75 Å². The van der Waals surface area contributed by atoms with Gasteiger partial charge in [0, 0.05) is 6.42 Å². The Labute approximate surface area is 121 Å². The van der Waals surface area contributed by atoms with E-state index in [2.05, 4.69) is 0 Å².